The van der Waals surface area contributed by atoms with Crippen molar-refractivity contribution in [3.05, 3.63) is 15.9 Å². The Hall–Kier alpha value is -0.350. The van der Waals surface area contributed by atoms with Crippen molar-refractivity contribution < 1.29 is 0 Å². The summed E-state index contributed by atoms with van der Waals surface area (Å²) in [5.74, 6) is 0.853. The SMILES string of the molecule is CCn1nc(C)c(Br)c1CN[C@H](C)C1CCCCC1. The van der Waals surface area contributed by atoms with E-state index in [4.69, 9.17) is 0 Å². The summed E-state index contributed by atoms with van der Waals surface area (Å²) in [5, 5.41) is 8.26. The predicted molar refractivity (Wildman–Crippen MR) is 83.2 cm³/mol. The third-order valence-corrected chi connectivity index (χ3v) is 5.43. The quantitative estimate of drug-likeness (QED) is 0.884. The van der Waals surface area contributed by atoms with Crippen LogP contribution in [-0.4, -0.2) is 15.8 Å². The summed E-state index contributed by atoms with van der Waals surface area (Å²) in [5.41, 5.74) is 2.37. The van der Waals surface area contributed by atoms with Crippen molar-refractivity contribution in [1.29, 1.82) is 0 Å². The Morgan fingerprint density at radius 2 is 2.05 bits per heavy atom. The lowest BCUT2D eigenvalue weighted by Crippen LogP contribution is -2.34. The zero-order chi connectivity index (χ0) is 13.8. The van der Waals surface area contributed by atoms with E-state index in [0.29, 0.717) is 6.04 Å². The number of hydrogen-bond donors (Lipinski definition) is 1. The first-order valence-electron chi connectivity index (χ1n) is 7.58. The topological polar surface area (TPSA) is 29.9 Å². The minimum Gasteiger partial charge on any atom is -0.308 e. The maximum atomic E-state index is 4.55. The molecule has 1 N–H and O–H groups in total. The van der Waals surface area contributed by atoms with Crippen molar-refractivity contribution in [2.24, 2.45) is 5.92 Å². The maximum absolute atomic E-state index is 4.55. The Bertz CT molecular complexity index is 408. The highest BCUT2D eigenvalue weighted by Gasteiger charge is 2.20. The van der Waals surface area contributed by atoms with Gasteiger partial charge in [-0.25, -0.2) is 0 Å². The first-order valence-corrected chi connectivity index (χ1v) is 8.38. The number of aryl methyl sites for hydroxylation is 2. The van der Waals surface area contributed by atoms with Gasteiger partial charge in [0.15, 0.2) is 0 Å². The molecule has 0 aromatic carbocycles. The van der Waals surface area contributed by atoms with Gasteiger partial charge in [0.05, 0.1) is 15.9 Å². The standard InChI is InChI=1S/C15H26BrN3/c1-4-19-14(15(16)12(3)18-19)10-17-11(2)13-8-6-5-7-9-13/h11,13,17H,4-10H2,1-3H3/t11-/m1/s1. The largest absolute Gasteiger partial charge is 0.308 e. The summed E-state index contributed by atoms with van der Waals surface area (Å²) in [6.45, 7) is 8.38. The van der Waals surface area contributed by atoms with Crippen LogP contribution in [0.2, 0.25) is 0 Å². The molecule has 3 nitrogen and oxygen atoms in total. The molecular weight excluding hydrogens is 302 g/mol. The smallest absolute Gasteiger partial charge is 0.0739 e. The summed E-state index contributed by atoms with van der Waals surface area (Å²) in [4.78, 5) is 0. The zero-order valence-corrected chi connectivity index (χ0v) is 14.0. The highest BCUT2D eigenvalue weighted by Crippen LogP contribution is 2.27. The van der Waals surface area contributed by atoms with Gasteiger partial charge in [-0.2, -0.15) is 5.10 Å². The van der Waals surface area contributed by atoms with Gasteiger partial charge in [-0.3, -0.25) is 4.68 Å². The van der Waals surface area contributed by atoms with Gasteiger partial charge in [0.1, 0.15) is 0 Å². The molecule has 4 heteroatoms. The molecule has 1 aliphatic carbocycles. The van der Waals surface area contributed by atoms with Crippen LogP contribution in [0.15, 0.2) is 4.47 Å². The molecule has 0 spiro atoms. The highest BCUT2D eigenvalue weighted by atomic mass is 79.9. The van der Waals surface area contributed by atoms with Gasteiger partial charge in [0.25, 0.3) is 0 Å². The van der Waals surface area contributed by atoms with Gasteiger partial charge in [-0.05, 0) is 55.5 Å². The third kappa shape index (κ3) is 3.60. The second-order valence-corrected chi connectivity index (χ2v) is 6.52. The van der Waals surface area contributed by atoms with E-state index in [1.165, 1.54) is 37.8 Å². The molecule has 1 fully saturated rings. The molecule has 0 aliphatic heterocycles. The number of aromatic nitrogens is 2. The van der Waals surface area contributed by atoms with Crippen molar-refractivity contribution in [3.8, 4) is 0 Å². The molecule has 0 saturated heterocycles. The van der Waals surface area contributed by atoms with Crippen LogP contribution >= 0.6 is 15.9 Å². The van der Waals surface area contributed by atoms with Crippen LogP contribution in [0.4, 0.5) is 0 Å². The van der Waals surface area contributed by atoms with E-state index in [9.17, 15) is 0 Å². The van der Waals surface area contributed by atoms with Crippen molar-refractivity contribution in [2.45, 2.75) is 72.0 Å². The number of nitrogens with one attached hydrogen (secondary N) is 1. The fourth-order valence-corrected chi connectivity index (χ4v) is 3.52. The van der Waals surface area contributed by atoms with E-state index in [0.717, 1.165) is 29.2 Å². The number of rotatable bonds is 5. The molecule has 1 heterocycles. The van der Waals surface area contributed by atoms with Crippen LogP contribution in [0.5, 0.6) is 0 Å². The summed E-state index contributed by atoms with van der Waals surface area (Å²) in [7, 11) is 0. The maximum Gasteiger partial charge on any atom is 0.0739 e. The average Bonchev–Trinajstić information content (AvgIpc) is 2.72. The van der Waals surface area contributed by atoms with Crippen LogP contribution < -0.4 is 5.32 Å². The summed E-state index contributed by atoms with van der Waals surface area (Å²) in [6.07, 6.45) is 7.03. The van der Waals surface area contributed by atoms with Crippen molar-refractivity contribution in [3.63, 3.8) is 0 Å². The van der Waals surface area contributed by atoms with Gasteiger partial charge < -0.3 is 5.32 Å². The third-order valence-electron chi connectivity index (χ3n) is 4.40. The lowest BCUT2D eigenvalue weighted by atomic mass is 9.84. The van der Waals surface area contributed by atoms with Crippen LogP contribution in [0.3, 0.4) is 0 Å². The van der Waals surface area contributed by atoms with Gasteiger partial charge in [-0.15, -0.1) is 0 Å². The lowest BCUT2D eigenvalue weighted by Gasteiger charge is -2.28. The van der Waals surface area contributed by atoms with Crippen LogP contribution in [-0.2, 0) is 13.1 Å². The number of hydrogen-bond acceptors (Lipinski definition) is 2. The second kappa shape index (κ2) is 6.89. The number of nitrogens with zero attached hydrogens (tertiary/aromatic N) is 2. The van der Waals surface area contributed by atoms with E-state index >= 15 is 0 Å². The molecule has 108 valence electrons. The van der Waals surface area contributed by atoms with E-state index in [-0.39, 0.29) is 0 Å². The molecule has 1 aromatic rings. The normalized spacial score (nSPS) is 18.7. The van der Waals surface area contributed by atoms with Crippen LogP contribution in [0.25, 0.3) is 0 Å². The van der Waals surface area contributed by atoms with Crippen LogP contribution in [0.1, 0.15) is 57.3 Å². The molecule has 1 saturated carbocycles. The Morgan fingerprint density at radius 1 is 1.37 bits per heavy atom. The Labute approximate surface area is 125 Å². The van der Waals surface area contributed by atoms with Crippen molar-refractivity contribution in [2.75, 3.05) is 0 Å². The van der Waals surface area contributed by atoms with E-state index in [1.807, 2.05) is 0 Å². The first-order chi connectivity index (χ1) is 9.13. The Morgan fingerprint density at radius 3 is 2.68 bits per heavy atom. The molecule has 19 heavy (non-hydrogen) atoms. The molecule has 0 unspecified atom stereocenters. The van der Waals surface area contributed by atoms with Crippen molar-refractivity contribution in [1.82, 2.24) is 15.1 Å². The van der Waals surface area contributed by atoms with E-state index in [2.05, 4.69) is 51.8 Å². The molecule has 0 radical (unpaired) electrons. The first kappa shape index (κ1) is 15.0. The van der Waals surface area contributed by atoms with Gasteiger partial charge in [0.2, 0.25) is 0 Å². The molecule has 0 amide bonds. The molecule has 2 rings (SSSR count). The predicted octanol–water partition coefficient (Wildman–Crippen LogP) is 4.03. The van der Waals surface area contributed by atoms with Crippen LogP contribution in [0, 0.1) is 12.8 Å². The minimum atomic E-state index is 0.604. The van der Waals surface area contributed by atoms with Gasteiger partial charge >= 0.3 is 0 Å². The molecule has 0 bridgehead atoms. The van der Waals surface area contributed by atoms with Gasteiger partial charge in [0, 0.05) is 19.1 Å². The minimum absolute atomic E-state index is 0.604. The average molecular weight is 328 g/mol. The van der Waals surface area contributed by atoms with E-state index in [1.54, 1.807) is 0 Å². The van der Waals surface area contributed by atoms with Gasteiger partial charge in [-0.1, -0.05) is 19.3 Å². The Balaban J connectivity index is 1.94. The monoisotopic (exact) mass is 327 g/mol. The zero-order valence-electron chi connectivity index (χ0n) is 12.4. The number of halogens is 1. The van der Waals surface area contributed by atoms with Crippen molar-refractivity contribution >= 4 is 15.9 Å². The lowest BCUT2D eigenvalue weighted by molar-refractivity contribution is 0.279. The fraction of sp³-hybridized carbons (Fsp3) is 0.800. The summed E-state index contributed by atoms with van der Waals surface area (Å²) >= 11 is 3.66. The van der Waals surface area contributed by atoms with E-state index < -0.39 is 0 Å². The summed E-state index contributed by atoms with van der Waals surface area (Å²) < 4.78 is 3.26. The molecule has 1 aliphatic rings. The Kier molecular flexibility index (Phi) is 5.46. The fourth-order valence-electron chi connectivity index (χ4n) is 3.10. The molecular formula is C15H26BrN3. The highest BCUT2D eigenvalue weighted by molar-refractivity contribution is 9.10. The summed E-state index contributed by atoms with van der Waals surface area (Å²) in [6, 6.07) is 0.604. The second-order valence-electron chi connectivity index (χ2n) is 5.73. The molecule has 1 atom stereocenters. The molecule has 1 aromatic heterocycles.